The highest BCUT2D eigenvalue weighted by Crippen LogP contribution is 2.38. The molecule has 154 valence electrons. The molecule has 6 heteroatoms. The van der Waals surface area contributed by atoms with Gasteiger partial charge >= 0.3 is 5.97 Å². The lowest BCUT2D eigenvalue weighted by atomic mass is 9.86. The third-order valence-corrected chi connectivity index (χ3v) is 5.77. The van der Waals surface area contributed by atoms with Crippen molar-refractivity contribution in [3.8, 4) is 5.75 Å². The van der Waals surface area contributed by atoms with Gasteiger partial charge in [0.1, 0.15) is 5.75 Å². The van der Waals surface area contributed by atoms with Gasteiger partial charge in [-0.05, 0) is 63.3 Å². The van der Waals surface area contributed by atoms with Crippen molar-refractivity contribution in [2.75, 3.05) is 5.32 Å². The first-order chi connectivity index (χ1) is 14.2. The summed E-state index contributed by atoms with van der Waals surface area (Å²) >= 11 is 6.98. The summed E-state index contributed by atoms with van der Waals surface area (Å²) in [6.45, 7) is 6.19. The zero-order valence-electron chi connectivity index (χ0n) is 16.8. The summed E-state index contributed by atoms with van der Waals surface area (Å²) in [6, 6.07) is 19.5. The number of halogens is 2. The van der Waals surface area contributed by atoms with E-state index in [-0.39, 0.29) is 16.9 Å². The van der Waals surface area contributed by atoms with E-state index >= 15 is 0 Å². The van der Waals surface area contributed by atoms with Gasteiger partial charge in [-0.3, -0.25) is 4.79 Å². The molecule has 30 heavy (non-hydrogen) atoms. The van der Waals surface area contributed by atoms with Gasteiger partial charge in [0, 0.05) is 14.5 Å². The van der Waals surface area contributed by atoms with Crippen molar-refractivity contribution in [1.82, 2.24) is 0 Å². The normalized spacial score (nSPS) is 11.1. The molecule has 0 unspecified atom stereocenters. The first-order valence-corrected chi connectivity index (χ1v) is 10.9. The summed E-state index contributed by atoms with van der Waals surface area (Å²) in [7, 11) is 0. The van der Waals surface area contributed by atoms with Gasteiger partial charge in [-0.15, -0.1) is 0 Å². The van der Waals surface area contributed by atoms with Gasteiger partial charge < -0.3 is 10.1 Å². The predicted octanol–water partition coefficient (Wildman–Crippen LogP) is 6.98. The van der Waals surface area contributed by atoms with Crippen LogP contribution >= 0.6 is 31.9 Å². The number of hydrogen-bond donors (Lipinski definition) is 1. The molecule has 0 radical (unpaired) electrons. The molecule has 0 atom stereocenters. The standard InChI is InChI=1S/C24H21Br2NO3/c1-24(2,3)19-13-12-18(23(29)30-17-10-5-4-6-11-17)21(20(19)26)27-22(28)15-8-7-9-16(25)14-15/h4-14H,1-3H3,(H,27,28). The van der Waals surface area contributed by atoms with Gasteiger partial charge in [0.2, 0.25) is 0 Å². The maximum Gasteiger partial charge on any atom is 0.345 e. The van der Waals surface area contributed by atoms with Crippen LogP contribution in [0.5, 0.6) is 5.75 Å². The van der Waals surface area contributed by atoms with Gasteiger partial charge in [-0.2, -0.15) is 0 Å². The first-order valence-electron chi connectivity index (χ1n) is 9.34. The number of hydrogen-bond acceptors (Lipinski definition) is 3. The second-order valence-electron chi connectivity index (χ2n) is 7.77. The molecule has 4 nitrogen and oxygen atoms in total. The second-order valence-corrected chi connectivity index (χ2v) is 9.48. The molecule has 0 bridgehead atoms. The van der Waals surface area contributed by atoms with Crippen molar-refractivity contribution in [3.05, 3.63) is 92.4 Å². The van der Waals surface area contributed by atoms with E-state index in [9.17, 15) is 9.59 Å². The highest BCUT2D eigenvalue weighted by Gasteiger charge is 2.25. The minimum absolute atomic E-state index is 0.198. The number of benzene rings is 3. The van der Waals surface area contributed by atoms with E-state index in [2.05, 4.69) is 57.9 Å². The lowest BCUT2D eigenvalue weighted by molar-refractivity contribution is 0.0735. The minimum atomic E-state index is -0.549. The molecule has 0 aliphatic rings. The van der Waals surface area contributed by atoms with Crippen LogP contribution < -0.4 is 10.1 Å². The average molecular weight is 531 g/mol. The zero-order chi connectivity index (χ0) is 21.9. The van der Waals surface area contributed by atoms with Crippen LogP contribution in [0.4, 0.5) is 5.69 Å². The fourth-order valence-electron chi connectivity index (χ4n) is 2.91. The Hall–Kier alpha value is -2.44. The summed E-state index contributed by atoms with van der Waals surface area (Å²) in [4.78, 5) is 25.8. The Morgan fingerprint density at radius 2 is 1.60 bits per heavy atom. The number of anilines is 1. The topological polar surface area (TPSA) is 55.4 Å². The maximum atomic E-state index is 12.9. The fourth-order valence-corrected chi connectivity index (χ4v) is 4.35. The monoisotopic (exact) mass is 529 g/mol. The quantitative estimate of drug-likeness (QED) is 0.292. The lowest BCUT2D eigenvalue weighted by Gasteiger charge is -2.24. The van der Waals surface area contributed by atoms with Crippen LogP contribution in [-0.4, -0.2) is 11.9 Å². The Balaban J connectivity index is 2.03. The Morgan fingerprint density at radius 3 is 2.23 bits per heavy atom. The summed E-state index contributed by atoms with van der Waals surface area (Å²) < 4.78 is 6.96. The highest BCUT2D eigenvalue weighted by atomic mass is 79.9. The molecular weight excluding hydrogens is 510 g/mol. The number of rotatable bonds is 4. The van der Waals surface area contributed by atoms with Gasteiger partial charge in [-0.1, -0.05) is 67.0 Å². The average Bonchev–Trinajstić information content (AvgIpc) is 2.69. The van der Waals surface area contributed by atoms with Gasteiger partial charge in [0.25, 0.3) is 5.91 Å². The van der Waals surface area contributed by atoms with Crippen LogP contribution in [0.1, 0.15) is 47.1 Å². The second kappa shape index (κ2) is 9.14. The molecule has 0 saturated heterocycles. The summed E-state index contributed by atoms with van der Waals surface area (Å²) in [5.41, 5.74) is 1.88. The third-order valence-electron chi connectivity index (χ3n) is 4.45. The minimum Gasteiger partial charge on any atom is -0.423 e. The van der Waals surface area contributed by atoms with Crippen LogP contribution in [-0.2, 0) is 5.41 Å². The van der Waals surface area contributed by atoms with Crippen molar-refractivity contribution in [2.24, 2.45) is 0 Å². The van der Waals surface area contributed by atoms with Crippen LogP contribution in [0.2, 0.25) is 0 Å². The molecule has 0 fully saturated rings. The molecule has 0 saturated carbocycles. The van der Waals surface area contributed by atoms with E-state index in [0.29, 0.717) is 21.5 Å². The number of amides is 1. The summed E-state index contributed by atoms with van der Waals surface area (Å²) in [5.74, 6) is -0.438. The summed E-state index contributed by atoms with van der Waals surface area (Å²) in [6.07, 6.45) is 0. The molecule has 0 aromatic heterocycles. The van der Waals surface area contributed by atoms with Crippen LogP contribution in [0.25, 0.3) is 0 Å². The van der Waals surface area contributed by atoms with E-state index in [1.165, 1.54) is 0 Å². The SMILES string of the molecule is CC(C)(C)c1ccc(C(=O)Oc2ccccc2)c(NC(=O)c2cccc(Br)c2)c1Br. The molecular formula is C24H21Br2NO3. The van der Waals surface area contributed by atoms with Gasteiger partial charge in [0.05, 0.1) is 11.3 Å². The number of para-hydroxylation sites is 1. The van der Waals surface area contributed by atoms with Crippen LogP contribution in [0.15, 0.2) is 75.7 Å². The fraction of sp³-hybridized carbons (Fsp3) is 0.167. The molecule has 0 spiro atoms. The van der Waals surface area contributed by atoms with Crippen molar-refractivity contribution in [2.45, 2.75) is 26.2 Å². The number of nitrogens with one attached hydrogen (secondary N) is 1. The largest absolute Gasteiger partial charge is 0.423 e. The molecule has 0 heterocycles. The predicted molar refractivity (Wildman–Crippen MR) is 126 cm³/mol. The molecule has 1 N–H and O–H groups in total. The van der Waals surface area contributed by atoms with E-state index in [1.807, 2.05) is 18.2 Å². The Morgan fingerprint density at radius 1 is 0.900 bits per heavy atom. The van der Waals surface area contributed by atoms with Crippen molar-refractivity contribution < 1.29 is 14.3 Å². The highest BCUT2D eigenvalue weighted by molar-refractivity contribution is 9.11. The first kappa shape index (κ1) is 22.2. The number of esters is 1. The zero-order valence-corrected chi connectivity index (χ0v) is 20.0. The van der Waals surface area contributed by atoms with Gasteiger partial charge in [0.15, 0.2) is 0 Å². The van der Waals surface area contributed by atoms with E-state index < -0.39 is 5.97 Å². The molecule has 3 rings (SSSR count). The molecule has 0 aliphatic heterocycles. The Bertz CT molecular complexity index is 1090. The molecule has 0 aliphatic carbocycles. The molecule has 3 aromatic carbocycles. The van der Waals surface area contributed by atoms with Crippen molar-refractivity contribution in [1.29, 1.82) is 0 Å². The van der Waals surface area contributed by atoms with Crippen LogP contribution in [0.3, 0.4) is 0 Å². The van der Waals surface area contributed by atoms with Crippen molar-refractivity contribution >= 4 is 49.4 Å². The van der Waals surface area contributed by atoms with E-state index in [1.54, 1.807) is 48.5 Å². The van der Waals surface area contributed by atoms with E-state index in [4.69, 9.17) is 4.74 Å². The van der Waals surface area contributed by atoms with Gasteiger partial charge in [-0.25, -0.2) is 4.79 Å². The number of ether oxygens (including phenoxy) is 1. The number of carbonyl (C=O) groups is 2. The lowest BCUT2D eigenvalue weighted by Crippen LogP contribution is -2.20. The smallest absolute Gasteiger partial charge is 0.345 e. The molecule has 1 amide bonds. The Labute approximate surface area is 192 Å². The van der Waals surface area contributed by atoms with Crippen LogP contribution in [0, 0.1) is 0 Å². The van der Waals surface area contributed by atoms with E-state index in [0.717, 1.165) is 10.0 Å². The Kier molecular flexibility index (Phi) is 6.78. The summed E-state index contributed by atoms with van der Waals surface area (Å²) in [5, 5.41) is 2.89. The maximum absolute atomic E-state index is 12.9. The number of carbonyl (C=O) groups excluding carboxylic acids is 2. The third kappa shape index (κ3) is 5.18. The molecule has 3 aromatic rings. The van der Waals surface area contributed by atoms with Crippen molar-refractivity contribution in [3.63, 3.8) is 0 Å².